The molecule has 2 nitrogen and oxygen atoms in total. The van der Waals surface area contributed by atoms with Crippen molar-refractivity contribution in [2.75, 3.05) is 6.54 Å². The fourth-order valence-electron chi connectivity index (χ4n) is 4.13. The molecule has 0 amide bonds. The summed E-state index contributed by atoms with van der Waals surface area (Å²) in [6, 6.07) is 16.3. The molecule has 2 aliphatic heterocycles. The Balaban J connectivity index is 1.67. The van der Waals surface area contributed by atoms with Gasteiger partial charge in [0.2, 0.25) is 0 Å². The van der Waals surface area contributed by atoms with E-state index in [0.29, 0.717) is 0 Å². The minimum Gasteiger partial charge on any atom is -0.346 e. The van der Waals surface area contributed by atoms with Crippen molar-refractivity contribution in [2.45, 2.75) is 43.9 Å². The van der Waals surface area contributed by atoms with Crippen molar-refractivity contribution in [1.82, 2.24) is 4.90 Å². The van der Waals surface area contributed by atoms with Crippen LogP contribution < -0.4 is 0 Å². The standard InChI is InChI=1S/C21H21F3N2/c22-21(23,24)17-10-8-16(9-11-17)19-13-12-18(15-5-2-1-3-6-15)26(19)20-7-4-14-25-20/h1-3,5-6,8-11,18-19H,4,7,12-14H2/t18-,19+/m1/s1. The molecular weight excluding hydrogens is 337 g/mol. The fraction of sp³-hybridized carbons (Fsp3) is 0.381. The van der Waals surface area contributed by atoms with E-state index in [0.717, 1.165) is 43.6 Å². The van der Waals surface area contributed by atoms with Gasteiger partial charge in [-0.25, -0.2) is 0 Å². The molecule has 2 aromatic carbocycles. The minimum absolute atomic E-state index is 0.0827. The van der Waals surface area contributed by atoms with Crippen molar-refractivity contribution in [3.63, 3.8) is 0 Å². The highest BCUT2D eigenvalue weighted by Gasteiger charge is 2.38. The van der Waals surface area contributed by atoms with Gasteiger partial charge in [0.25, 0.3) is 0 Å². The number of amidine groups is 1. The van der Waals surface area contributed by atoms with Crippen LogP contribution in [0.5, 0.6) is 0 Å². The summed E-state index contributed by atoms with van der Waals surface area (Å²) in [7, 11) is 0. The van der Waals surface area contributed by atoms with Crippen molar-refractivity contribution in [1.29, 1.82) is 0 Å². The van der Waals surface area contributed by atoms with E-state index < -0.39 is 11.7 Å². The molecule has 0 saturated carbocycles. The van der Waals surface area contributed by atoms with E-state index in [1.807, 2.05) is 18.2 Å². The second-order valence-corrected chi connectivity index (χ2v) is 6.95. The van der Waals surface area contributed by atoms with Crippen LogP contribution in [0.2, 0.25) is 0 Å². The summed E-state index contributed by atoms with van der Waals surface area (Å²) < 4.78 is 38.6. The number of rotatable bonds is 2. The molecule has 1 saturated heterocycles. The van der Waals surface area contributed by atoms with Crippen LogP contribution in [0.3, 0.4) is 0 Å². The molecule has 0 aromatic heterocycles. The highest BCUT2D eigenvalue weighted by molar-refractivity contribution is 5.85. The number of hydrogen-bond donors (Lipinski definition) is 0. The van der Waals surface area contributed by atoms with Gasteiger partial charge in [-0.3, -0.25) is 4.99 Å². The Morgan fingerprint density at radius 2 is 1.46 bits per heavy atom. The van der Waals surface area contributed by atoms with E-state index >= 15 is 0 Å². The first kappa shape index (κ1) is 17.1. The largest absolute Gasteiger partial charge is 0.416 e. The zero-order valence-electron chi connectivity index (χ0n) is 14.4. The first-order valence-electron chi connectivity index (χ1n) is 9.08. The Morgan fingerprint density at radius 3 is 2.00 bits per heavy atom. The van der Waals surface area contributed by atoms with E-state index in [-0.39, 0.29) is 12.1 Å². The lowest BCUT2D eigenvalue weighted by atomic mass is 10.0. The van der Waals surface area contributed by atoms with Crippen molar-refractivity contribution in [3.05, 3.63) is 71.3 Å². The molecule has 2 aromatic rings. The van der Waals surface area contributed by atoms with E-state index in [1.165, 1.54) is 17.7 Å². The number of hydrogen-bond acceptors (Lipinski definition) is 2. The van der Waals surface area contributed by atoms with Gasteiger partial charge in [0, 0.05) is 13.0 Å². The monoisotopic (exact) mass is 358 g/mol. The maximum atomic E-state index is 12.9. The molecule has 0 radical (unpaired) electrons. The first-order valence-corrected chi connectivity index (χ1v) is 9.08. The van der Waals surface area contributed by atoms with Crippen molar-refractivity contribution >= 4 is 5.84 Å². The van der Waals surface area contributed by atoms with Gasteiger partial charge in [0.1, 0.15) is 0 Å². The Labute approximate surface area is 151 Å². The van der Waals surface area contributed by atoms with E-state index in [2.05, 4.69) is 22.0 Å². The number of alkyl halides is 3. The number of halogens is 3. The quantitative estimate of drug-likeness (QED) is 0.665. The Kier molecular flexibility index (Phi) is 4.47. The highest BCUT2D eigenvalue weighted by Crippen LogP contribution is 2.45. The average molecular weight is 358 g/mol. The Hall–Kier alpha value is -2.30. The lowest BCUT2D eigenvalue weighted by molar-refractivity contribution is -0.137. The zero-order chi connectivity index (χ0) is 18.1. The smallest absolute Gasteiger partial charge is 0.346 e. The van der Waals surface area contributed by atoms with Gasteiger partial charge in [0.05, 0.1) is 23.5 Å². The topological polar surface area (TPSA) is 15.6 Å². The Morgan fingerprint density at radius 1 is 0.846 bits per heavy atom. The molecule has 1 fully saturated rings. The van der Waals surface area contributed by atoms with Gasteiger partial charge < -0.3 is 4.90 Å². The molecule has 5 heteroatoms. The van der Waals surface area contributed by atoms with E-state index in [9.17, 15) is 13.2 Å². The van der Waals surface area contributed by atoms with Crippen LogP contribution >= 0.6 is 0 Å². The molecule has 136 valence electrons. The van der Waals surface area contributed by atoms with Crippen LogP contribution in [-0.2, 0) is 6.18 Å². The molecule has 2 atom stereocenters. The Bertz CT molecular complexity index is 781. The van der Waals surface area contributed by atoms with Gasteiger partial charge in [-0.2, -0.15) is 13.2 Å². The summed E-state index contributed by atoms with van der Waals surface area (Å²) in [5.41, 5.74) is 1.59. The van der Waals surface area contributed by atoms with Gasteiger partial charge in [-0.05, 0) is 42.5 Å². The summed E-state index contributed by atoms with van der Waals surface area (Å²) >= 11 is 0. The first-order chi connectivity index (χ1) is 12.5. The van der Waals surface area contributed by atoms with Crippen LogP contribution in [0.1, 0.15) is 54.5 Å². The summed E-state index contributed by atoms with van der Waals surface area (Å²) in [5, 5.41) is 0. The molecule has 26 heavy (non-hydrogen) atoms. The van der Waals surface area contributed by atoms with Gasteiger partial charge in [-0.1, -0.05) is 42.5 Å². The third-order valence-electron chi connectivity index (χ3n) is 5.34. The molecule has 4 rings (SSSR count). The van der Waals surface area contributed by atoms with Gasteiger partial charge in [0.15, 0.2) is 0 Å². The summed E-state index contributed by atoms with van der Waals surface area (Å²) in [6.07, 6.45) is -0.401. The molecule has 0 unspecified atom stereocenters. The SMILES string of the molecule is FC(F)(F)c1ccc([C@@H]2CC[C@H](c3ccccc3)N2C2=NCCC2)cc1. The van der Waals surface area contributed by atoms with Crippen molar-refractivity contribution in [3.8, 4) is 0 Å². The van der Waals surface area contributed by atoms with Crippen LogP contribution in [0.15, 0.2) is 59.6 Å². The maximum absolute atomic E-state index is 12.9. The van der Waals surface area contributed by atoms with Crippen molar-refractivity contribution in [2.24, 2.45) is 4.99 Å². The maximum Gasteiger partial charge on any atom is 0.416 e. The molecule has 0 aliphatic carbocycles. The lowest BCUT2D eigenvalue weighted by Gasteiger charge is -2.33. The third-order valence-corrected chi connectivity index (χ3v) is 5.34. The summed E-state index contributed by atoms with van der Waals surface area (Å²) in [5.74, 6) is 1.10. The molecule has 2 aliphatic rings. The number of benzene rings is 2. The highest BCUT2D eigenvalue weighted by atomic mass is 19.4. The van der Waals surface area contributed by atoms with E-state index in [4.69, 9.17) is 0 Å². The van der Waals surface area contributed by atoms with Crippen LogP contribution in [0.25, 0.3) is 0 Å². The third kappa shape index (κ3) is 3.22. The fourth-order valence-corrected chi connectivity index (χ4v) is 4.13. The molecule has 0 bridgehead atoms. The zero-order valence-corrected chi connectivity index (χ0v) is 14.4. The van der Waals surface area contributed by atoms with Crippen LogP contribution in [0, 0.1) is 0 Å². The average Bonchev–Trinajstić information content (AvgIpc) is 3.31. The lowest BCUT2D eigenvalue weighted by Crippen LogP contribution is -2.31. The molecule has 0 spiro atoms. The second-order valence-electron chi connectivity index (χ2n) is 6.95. The number of likely N-dealkylation sites (tertiary alicyclic amines) is 1. The predicted octanol–water partition coefficient (Wildman–Crippen LogP) is 5.78. The molecule has 2 heterocycles. The van der Waals surface area contributed by atoms with Crippen LogP contribution in [-0.4, -0.2) is 17.3 Å². The number of nitrogens with zero attached hydrogens (tertiary/aromatic N) is 2. The molecule has 0 N–H and O–H groups in total. The van der Waals surface area contributed by atoms with Crippen molar-refractivity contribution < 1.29 is 13.2 Å². The van der Waals surface area contributed by atoms with Crippen LogP contribution in [0.4, 0.5) is 13.2 Å². The second kappa shape index (κ2) is 6.78. The minimum atomic E-state index is -4.30. The number of aliphatic imine (C=N–C) groups is 1. The van der Waals surface area contributed by atoms with Gasteiger partial charge in [-0.15, -0.1) is 0 Å². The van der Waals surface area contributed by atoms with E-state index in [1.54, 1.807) is 12.1 Å². The van der Waals surface area contributed by atoms with Gasteiger partial charge >= 0.3 is 6.18 Å². The predicted molar refractivity (Wildman–Crippen MR) is 96.0 cm³/mol. The summed E-state index contributed by atoms with van der Waals surface area (Å²) in [4.78, 5) is 7.04. The summed E-state index contributed by atoms with van der Waals surface area (Å²) in [6.45, 7) is 0.840. The molecular formula is C21H21F3N2. The normalized spacial score (nSPS) is 23.3.